The standard InChI is InChI=1S/C5H9F3O2/c1-3-4(10-9-2)5(6,7)8/h4H,3H2,1-2H3. The minimum Gasteiger partial charge on any atom is -0.239 e. The summed E-state index contributed by atoms with van der Waals surface area (Å²) in [4.78, 5) is 7.83. The Morgan fingerprint density at radius 2 is 1.90 bits per heavy atom. The van der Waals surface area contributed by atoms with Crippen LogP contribution >= 0.6 is 0 Å². The van der Waals surface area contributed by atoms with Crippen LogP contribution in [0.5, 0.6) is 0 Å². The number of hydrogen-bond donors (Lipinski definition) is 0. The molecule has 10 heavy (non-hydrogen) atoms. The summed E-state index contributed by atoms with van der Waals surface area (Å²) >= 11 is 0. The van der Waals surface area contributed by atoms with E-state index >= 15 is 0 Å². The Hall–Kier alpha value is -0.290. The van der Waals surface area contributed by atoms with E-state index in [1.807, 2.05) is 0 Å². The molecule has 0 radical (unpaired) electrons. The van der Waals surface area contributed by atoms with Gasteiger partial charge in [0, 0.05) is 0 Å². The van der Waals surface area contributed by atoms with Gasteiger partial charge in [-0.15, -0.1) is 0 Å². The molecule has 0 aliphatic heterocycles. The van der Waals surface area contributed by atoms with Gasteiger partial charge in [0.15, 0.2) is 6.10 Å². The van der Waals surface area contributed by atoms with Crippen molar-refractivity contribution in [1.29, 1.82) is 0 Å². The van der Waals surface area contributed by atoms with Crippen molar-refractivity contribution in [2.24, 2.45) is 0 Å². The molecule has 0 saturated heterocycles. The van der Waals surface area contributed by atoms with Crippen molar-refractivity contribution in [2.45, 2.75) is 25.6 Å². The van der Waals surface area contributed by atoms with Crippen molar-refractivity contribution in [2.75, 3.05) is 7.11 Å². The third kappa shape index (κ3) is 3.03. The molecule has 1 unspecified atom stereocenters. The molecular weight excluding hydrogens is 149 g/mol. The zero-order valence-corrected chi connectivity index (χ0v) is 5.73. The fourth-order valence-corrected chi connectivity index (χ4v) is 0.470. The maximum Gasteiger partial charge on any atom is 0.417 e. The minimum atomic E-state index is -4.33. The van der Waals surface area contributed by atoms with Gasteiger partial charge in [-0.3, -0.25) is 0 Å². The van der Waals surface area contributed by atoms with Gasteiger partial charge < -0.3 is 0 Å². The molecule has 0 aromatic carbocycles. The fraction of sp³-hybridized carbons (Fsp3) is 1.00. The van der Waals surface area contributed by atoms with Gasteiger partial charge in [-0.25, -0.2) is 9.78 Å². The van der Waals surface area contributed by atoms with Crippen LogP contribution < -0.4 is 0 Å². The summed E-state index contributed by atoms with van der Waals surface area (Å²) in [6.07, 6.45) is -6.28. The van der Waals surface area contributed by atoms with E-state index in [2.05, 4.69) is 9.78 Å². The van der Waals surface area contributed by atoms with Crippen LogP contribution in [0.15, 0.2) is 0 Å². The van der Waals surface area contributed by atoms with Gasteiger partial charge in [-0.1, -0.05) is 6.92 Å². The highest BCUT2D eigenvalue weighted by atomic mass is 19.4. The van der Waals surface area contributed by atoms with Crippen LogP contribution in [0.1, 0.15) is 13.3 Å². The van der Waals surface area contributed by atoms with E-state index < -0.39 is 12.3 Å². The molecule has 0 aliphatic rings. The van der Waals surface area contributed by atoms with E-state index in [1.165, 1.54) is 6.92 Å². The predicted octanol–water partition coefficient (Wildman–Crippen LogP) is 1.91. The Labute approximate surface area is 56.9 Å². The van der Waals surface area contributed by atoms with Crippen LogP contribution in [0.2, 0.25) is 0 Å². The topological polar surface area (TPSA) is 18.5 Å². The third-order valence-electron chi connectivity index (χ3n) is 0.948. The summed E-state index contributed by atoms with van der Waals surface area (Å²) in [6.45, 7) is 1.37. The third-order valence-corrected chi connectivity index (χ3v) is 0.948. The van der Waals surface area contributed by atoms with Crippen molar-refractivity contribution < 1.29 is 22.9 Å². The highest BCUT2D eigenvalue weighted by Crippen LogP contribution is 2.24. The van der Waals surface area contributed by atoms with Gasteiger partial charge in [0.2, 0.25) is 0 Å². The Kier molecular flexibility index (Phi) is 3.67. The summed E-state index contributed by atoms with van der Waals surface area (Å²) in [5.41, 5.74) is 0. The molecule has 0 aliphatic carbocycles. The van der Waals surface area contributed by atoms with Crippen LogP contribution in [0, 0.1) is 0 Å². The van der Waals surface area contributed by atoms with Gasteiger partial charge in [-0.05, 0) is 6.42 Å². The van der Waals surface area contributed by atoms with E-state index in [0.29, 0.717) is 0 Å². The number of halogens is 3. The number of alkyl halides is 3. The van der Waals surface area contributed by atoms with Gasteiger partial charge in [-0.2, -0.15) is 13.2 Å². The predicted molar refractivity (Wildman–Crippen MR) is 28.2 cm³/mol. The van der Waals surface area contributed by atoms with E-state index in [1.54, 1.807) is 0 Å². The fourth-order valence-electron chi connectivity index (χ4n) is 0.470. The molecule has 0 aromatic heterocycles. The van der Waals surface area contributed by atoms with Gasteiger partial charge >= 0.3 is 6.18 Å². The molecular formula is C5H9F3O2. The van der Waals surface area contributed by atoms with Crippen LogP contribution in [-0.4, -0.2) is 19.4 Å². The zero-order valence-electron chi connectivity index (χ0n) is 5.73. The number of hydrogen-bond acceptors (Lipinski definition) is 2. The Morgan fingerprint density at radius 3 is 2.00 bits per heavy atom. The van der Waals surface area contributed by atoms with Gasteiger partial charge in [0.25, 0.3) is 0 Å². The first kappa shape index (κ1) is 9.71. The second-order valence-electron chi connectivity index (χ2n) is 1.70. The molecule has 0 aromatic rings. The molecule has 62 valence electrons. The molecule has 0 spiro atoms. The van der Waals surface area contributed by atoms with Crippen LogP contribution in [0.4, 0.5) is 13.2 Å². The lowest BCUT2D eigenvalue weighted by atomic mass is 10.3. The average molecular weight is 158 g/mol. The van der Waals surface area contributed by atoms with Crippen molar-refractivity contribution >= 4 is 0 Å². The van der Waals surface area contributed by atoms with Crippen LogP contribution in [0.25, 0.3) is 0 Å². The quantitative estimate of drug-likeness (QED) is 0.461. The van der Waals surface area contributed by atoms with Gasteiger partial charge in [0.1, 0.15) is 0 Å². The van der Waals surface area contributed by atoms with Crippen LogP contribution in [-0.2, 0) is 9.78 Å². The summed E-state index contributed by atoms with van der Waals surface area (Å²) in [6, 6.07) is 0. The second-order valence-corrected chi connectivity index (χ2v) is 1.70. The normalized spacial score (nSPS) is 15.3. The first-order valence-corrected chi connectivity index (χ1v) is 2.78. The maximum atomic E-state index is 11.7. The highest BCUT2D eigenvalue weighted by molar-refractivity contribution is 4.62. The van der Waals surface area contributed by atoms with Crippen molar-refractivity contribution in [3.05, 3.63) is 0 Å². The number of rotatable bonds is 3. The lowest BCUT2D eigenvalue weighted by molar-refractivity contribution is -0.366. The van der Waals surface area contributed by atoms with Crippen LogP contribution in [0.3, 0.4) is 0 Å². The molecule has 2 nitrogen and oxygen atoms in total. The van der Waals surface area contributed by atoms with E-state index in [9.17, 15) is 13.2 Å². The first-order chi connectivity index (χ1) is 4.52. The van der Waals surface area contributed by atoms with Crippen molar-refractivity contribution in [1.82, 2.24) is 0 Å². The summed E-state index contributed by atoms with van der Waals surface area (Å²) in [7, 11) is 1.05. The minimum absolute atomic E-state index is 0.142. The van der Waals surface area contributed by atoms with Crippen molar-refractivity contribution in [3.8, 4) is 0 Å². The maximum absolute atomic E-state index is 11.7. The van der Waals surface area contributed by atoms with Gasteiger partial charge in [0.05, 0.1) is 7.11 Å². The largest absolute Gasteiger partial charge is 0.417 e. The Balaban J connectivity index is 3.81. The zero-order chi connectivity index (χ0) is 8.20. The molecule has 0 amide bonds. The average Bonchev–Trinajstić information content (AvgIpc) is 1.80. The summed E-state index contributed by atoms with van der Waals surface area (Å²) in [5, 5.41) is 0. The summed E-state index contributed by atoms with van der Waals surface area (Å²) < 4.78 is 35.1. The Morgan fingerprint density at radius 1 is 1.40 bits per heavy atom. The Bertz CT molecular complexity index is 91.4. The molecule has 0 bridgehead atoms. The molecule has 0 fully saturated rings. The lowest BCUT2D eigenvalue weighted by Crippen LogP contribution is -2.30. The summed E-state index contributed by atoms with van der Waals surface area (Å²) in [5.74, 6) is 0. The molecule has 0 rings (SSSR count). The van der Waals surface area contributed by atoms with E-state index in [-0.39, 0.29) is 6.42 Å². The van der Waals surface area contributed by atoms with E-state index in [4.69, 9.17) is 0 Å². The molecule has 5 heteroatoms. The smallest absolute Gasteiger partial charge is 0.239 e. The second kappa shape index (κ2) is 3.78. The lowest BCUT2D eigenvalue weighted by Gasteiger charge is -2.15. The SMILES string of the molecule is CCC(OOC)C(F)(F)F. The van der Waals surface area contributed by atoms with E-state index in [0.717, 1.165) is 7.11 Å². The molecule has 0 saturated carbocycles. The molecule has 0 heterocycles. The molecule has 0 N–H and O–H groups in total. The molecule has 1 atom stereocenters. The first-order valence-electron chi connectivity index (χ1n) is 2.78. The monoisotopic (exact) mass is 158 g/mol. The van der Waals surface area contributed by atoms with Crippen molar-refractivity contribution in [3.63, 3.8) is 0 Å². The highest BCUT2D eigenvalue weighted by Gasteiger charge is 2.40.